The Kier molecular flexibility index (Phi) is 3.52. The van der Waals surface area contributed by atoms with Crippen molar-refractivity contribution in [3.05, 3.63) is 21.6 Å². The largest absolute Gasteiger partial charge is 0.299 e. The number of rotatable bonds is 2. The van der Waals surface area contributed by atoms with E-state index in [0.29, 0.717) is 6.04 Å². The second-order valence-corrected chi connectivity index (χ2v) is 4.89. The summed E-state index contributed by atoms with van der Waals surface area (Å²) in [5.41, 5.74) is 2.21. The predicted octanol–water partition coefficient (Wildman–Crippen LogP) is 2.94. The first kappa shape index (κ1) is 11.5. The minimum atomic E-state index is 0.198. The van der Waals surface area contributed by atoms with E-state index >= 15 is 0 Å². The van der Waals surface area contributed by atoms with Crippen molar-refractivity contribution in [3.8, 4) is 0 Å². The fourth-order valence-electron chi connectivity index (χ4n) is 2.71. The lowest BCUT2D eigenvalue weighted by Crippen LogP contribution is -2.23. The average Bonchev–Trinajstić information content (AvgIpc) is 2.52. The minimum Gasteiger partial charge on any atom is -0.299 e. The van der Waals surface area contributed by atoms with E-state index < -0.39 is 0 Å². The van der Waals surface area contributed by atoms with Gasteiger partial charge in [0, 0.05) is 11.3 Å². The zero-order valence-corrected chi connectivity index (χ0v) is 10.4. The van der Waals surface area contributed by atoms with E-state index in [0.717, 1.165) is 30.5 Å². The number of nitrogens with one attached hydrogen (secondary N) is 1. The van der Waals surface area contributed by atoms with E-state index in [-0.39, 0.29) is 5.56 Å². The lowest BCUT2D eigenvalue weighted by Gasteiger charge is -2.14. The van der Waals surface area contributed by atoms with Crippen molar-refractivity contribution in [2.24, 2.45) is 0 Å². The van der Waals surface area contributed by atoms with Crippen LogP contribution in [-0.2, 0) is 6.42 Å². The minimum absolute atomic E-state index is 0.198. The number of hydrogen-bond donors (Lipinski definition) is 1. The van der Waals surface area contributed by atoms with Crippen LogP contribution < -0.4 is 5.56 Å². The first-order chi connectivity index (χ1) is 7.74. The molecule has 1 aliphatic rings. The van der Waals surface area contributed by atoms with Gasteiger partial charge in [-0.05, 0) is 26.2 Å². The Balaban J connectivity index is 2.28. The number of aromatic amines is 1. The highest BCUT2D eigenvalue weighted by Crippen LogP contribution is 2.25. The summed E-state index contributed by atoms with van der Waals surface area (Å²) >= 11 is 0. The van der Waals surface area contributed by atoms with Crippen molar-refractivity contribution >= 4 is 0 Å². The molecule has 1 N–H and O–H groups in total. The molecule has 0 saturated heterocycles. The van der Waals surface area contributed by atoms with Gasteiger partial charge in [-0.1, -0.05) is 32.6 Å². The smallest absolute Gasteiger partial charge is 0.269 e. The first-order valence-electron chi connectivity index (χ1n) is 6.54. The summed E-state index contributed by atoms with van der Waals surface area (Å²) in [5, 5.41) is 3.30. The molecule has 1 heterocycles. The maximum Gasteiger partial charge on any atom is 0.269 e. The fraction of sp³-hybridized carbons (Fsp3) is 0.769. The van der Waals surface area contributed by atoms with Crippen LogP contribution >= 0.6 is 0 Å². The summed E-state index contributed by atoms with van der Waals surface area (Å²) in [4.78, 5) is 12.1. The molecule has 3 heteroatoms. The van der Waals surface area contributed by atoms with Crippen LogP contribution in [-0.4, -0.2) is 9.78 Å². The number of nitrogens with zero attached hydrogens (tertiary/aromatic N) is 1. The van der Waals surface area contributed by atoms with Gasteiger partial charge in [0.15, 0.2) is 0 Å². The summed E-state index contributed by atoms with van der Waals surface area (Å²) in [7, 11) is 0. The number of H-pyrrole nitrogens is 1. The first-order valence-corrected chi connectivity index (χ1v) is 6.54. The topological polar surface area (TPSA) is 37.8 Å². The van der Waals surface area contributed by atoms with Crippen LogP contribution in [0.25, 0.3) is 0 Å². The van der Waals surface area contributed by atoms with E-state index in [2.05, 4.69) is 12.0 Å². The van der Waals surface area contributed by atoms with Crippen LogP contribution in [0.15, 0.2) is 4.79 Å². The number of aryl methyl sites for hydroxylation is 1. The Hall–Kier alpha value is -0.990. The van der Waals surface area contributed by atoms with E-state index in [1.165, 1.54) is 25.7 Å². The van der Waals surface area contributed by atoms with E-state index in [1.807, 2.05) is 11.6 Å². The highest BCUT2D eigenvalue weighted by Gasteiger charge is 2.18. The van der Waals surface area contributed by atoms with Crippen molar-refractivity contribution in [1.29, 1.82) is 0 Å². The second kappa shape index (κ2) is 4.89. The third-order valence-corrected chi connectivity index (χ3v) is 3.79. The summed E-state index contributed by atoms with van der Waals surface area (Å²) in [5.74, 6) is 0. The Morgan fingerprint density at radius 2 is 1.88 bits per heavy atom. The van der Waals surface area contributed by atoms with Crippen LogP contribution in [0.3, 0.4) is 0 Å². The fourth-order valence-corrected chi connectivity index (χ4v) is 2.71. The molecular formula is C13H22N2O. The molecule has 0 amide bonds. The van der Waals surface area contributed by atoms with Gasteiger partial charge in [-0.25, -0.2) is 4.68 Å². The second-order valence-electron chi connectivity index (χ2n) is 4.89. The molecule has 0 bridgehead atoms. The Bertz CT molecular complexity index is 395. The maximum absolute atomic E-state index is 12.1. The molecule has 0 aromatic carbocycles. The predicted molar refractivity (Wildman–Crippen MR) is 65.9 cm³/mol. The molecule has 1 aromatic rings. The van der Waals surface area contributed by atoms with Gasteiger partial charge in [-0.15, -0.1) is 0 Å². The summed E-state index contributed by atoms with van der Waals surface area (Å²) < 4.78 is 1.89. The molecule has 1 aromatic heterocycles. The summed E-state index contributed by atoms with van der Waals surface area (Å²) in [6, 6.07) is 0.411. The van der Waals surface area contributed by atoms with Gasteiger partial charge >= 0.3 is 0 Å². The van der Waals surface area contributed by atoms with E-state index in [4.69, 9.17) is 0 Å². The molecule has 1 fully saturated rings. The van der Waals surface area contributed by atoms with Crippen LogP contribution in [0.4, 0.5) is 0 Å². The Labute approximate surface area is 96.8 Å². The zero-order chi connectivity index (χ0) is 11.5. The molecule has 16 heavy (non-hydrogen) atoms. The van der Waals surface area contributed by atoms with Crippen molar-refractivity contribution in [2.75, 3.05) is 0 Å². The quantitative estimate of drug-likeness (QED) is 0.768. The molecule has 0 aliphatic heterocycles. The molecule has 0 atom stereocenters. The molecule has 1 saturated carbocycles. The van der Waals surface area contributed by atoms with Crippen LogP contribution in [0.2, 0.25) is 0 Å². The van der Waals surface area contributed by atoms with Gasteiger partial charge in [0.1, 0.15) is 0 Å². The van der Waals surface area contributed by atoms with Crippen molar-refractivity contribution in [3.63, 3.8) is 0 Å². The third kappa shape index (κ3) is 2.08. The van der Waals surface area contributed by atoms with Gasteiger partial charge < -0.3 is 0 Å². The highest BCUT2D eigenvalue weighted by atomic mass is 16.1. The van der Waals surface area contributed by atoms with Gasteiger partial charge in [0.25, 0.3) is 5.56 Å². The van der Waals surface area contributed by atoms with E-state index in [9.17, 15) is 4.79 Å². The number of aromatic nitrogens is 2. The average molecular weight is 222 g/mol. The molecule has 0 spiro atoms. The molecule has 1 aliphatic carbocycles. The highest BCUT2D eigenvalue weighted by molar-refractivity contribution is 5.15. The summed E-state index contributed by atoms with van der Waals surface area (Å²) in [6.07, 6.45) is 8.40. The van der Waals surface area contributed by atoms with Gasteiger partial charge in [-0.3, -0.25) is 9.89 Å². The standard InChI is InChI=1S/C13H22N2O/c1-3-12-10(2)13(16)15(14-12)11-8-6-4-5-7-9-11/h11,14H,3-9H2,1-2H3. The molecule has 90 valence electrons. The Morgan fingerprint density at radius 3 is 2.38 bits per heavy atom. The maximum atomic E-state index is 12.1. The van der Waals surface area contributed by atoms with Crippen molar-refractivity contribution in [2.45, 2.75) is 64.8 Å². The summed E-state index contributed by atoms with van der Waals surface area (Å²) in [6.45, 7) is 4.03. The van der Waals surface area contributed by atoms with E-state index in [1.54, 1.807) is 0 Å². The lowest BCUT2D eigenvalue weighted by molar-refractivity contribution is 0.394. The van der Waals surface area contributed by atoms with Crippen LogP contribution in [0.5, 0.6) is 0 Å². The van der Waals surface area contributed by atoms with Gasteiger partial charge in [0.2, 0.25) is 0 Å². The van der Waals surface area contributed by atoms with Crippen LogP contribution in [0, 0.1) is 6.92 Å². The third-order valence-electron chi connectivity index (χ3n) is 3.79. The zero-order valence-electron chi connectivity index (χ0n) is 10.4. The SMILES string of the molecule is CCc1[nH]n(C2CCCCCC2)c(=O)c1C. The van der Waals surface area contributed by atoms with Gasteiger partial charge in [0.05, 0.1) is 6.04 Å². The molecule has 3 nitrogen and oxygen atoms in total. The van der Waals surface area contributed by atoms with Crippen molar-refractivity contribution < 1.29 is 0 Å². The molecule has 0 radical (unpaired) electrons. The molecular weight excluding hydrogens is 200 g/mol. The number of hydrogen-bond acceptors (Lipinski definition) is 1. The van der Waals surface area contributed by atoms with Crippen LogP contribution in [0.1, 0.15) is 62.7 Å². The van der Waals surface area contributed by atoms with Gasteiger partial charge in [-0.2, -0.15) is 0 Å². The molecule has 0 unspecified atom stereocenters. The normalized spacial score (nSPS) is 18.6. The lowest BCUT2D eigenvalue weighted by atomic mass is 10.1. The monoisotopic (exact) mass is 222 g/mol. The Morgan fingerprint density at radius 1 is 1.25 bits per heavy atom. The molecule has 2 rings (SSSR count). The van der Waals surface area contributed by atoms with Crippen molar-refractivity contribution in [1.82, 2.24) is 9.78 Å².